The molecule has 5 nitrogen and oxygen atoms in total. The highest BCUT2D eigenvalue weighted by atomic mass is 32.2. The molecule has 2 aromatic rings. The third kappa shape index (κ3) is 4.47. The molecule has 0 saturated heterocycles. The molecule has 0 aliphatic heterocycles. The van der Waals surface area contributed by atoms with Crippen LogP contribution in [0.5, 0.6) is 0 Å². The number of carbonyl (C=O) groups excluding carboxylic acids is 1. The number of aryl methyl sites for hydroxylation is 1. The Morgan fingerprint density at radius 2 is 1.88 bits per heavy atom. The summed E-state index contributed by atoms with van der Waals surface area (Å²) in [5, 5.41) is 0. The Labute approximate surface area is 142 Å². The summed E-state index contributed by atoms with van der Waals surface area (Å²) >= 11 is -2.51. The van der Waals surface area contributed by atoms with Crippen molar-refractivity contribution in [1.29, 1.82) is 0 Å². The molecule has 0 heterocycles. The molecule has 0 aliphatic carbocycles. The summed E-state index contributed by atoms with van der Waals surface area (Å²) in [5.74, 6) is -1.30. The number of hydrogen-bond acceptors (Lipinski definition) is 4. The van der Waals surface area contributed by atoms with Crippen molar-refractivity contribution in [3.8, 4) is 0 Å². The molecule has 2 aromatic carbocycles. The number of benzene rings is 2. The molecule has 0 fully saturated rings. The average Bonchev–Trinajstić information content (AvgIpc) is 2.56. The van der Waals surface area contributed by atoms with Crippen LogP contribution in [0.4, 0.5) is 4.39 Å². The molecule has 0 saturated carbocycles. The van der Waals surface area contributed by atoms with Crippen molar-refractivity contribution in [1.82, 2.24) is 4.31 Å². The van der Waals surface area contributed by atoms with Crippen LogP contribution in [0.1, 0.15) is 27.0 Å². The molecule has 0 spiro atoms. The Hall–Kier alpha value is -2.09. The molecule has 1 unspecified atom stereocenters. The first-order valence-corrected chi connectivity index (χ1v) is 8.21. The van der Waals surface area contributed by atoms with Gasteiger partial charge >= 0.3 is 5.97 Å². The van der Waals surface area contributed by atoms with Gasteiger partial charge in [0.2, 0.25) is 0 Å². The zero-order valence-corrected chi connectivity index (χ0v) is 14.1. The topological polar surface area (TPSA) is 69.7 Å². The molecule has 0 aromatic heterocycles. The quantitative estimate of drug-likeness (QED) is 0.593. The average molecular weight is 350 g/mol. The van der Waals surface area contributed by atoms with Crippen LogP contribution < -0.4 is 0 Å². The summed E-state index contributed by atoms with van der Waals surface area (Å²) in [6, 6.07) is 11.2. The molecule has 1 atom stereocenters. The molecule has 0 bridgehead atoms. The zero-order valence-electron chi connectivity index (χ0n) is 13.3. The Balaban J connectivity index is 2.21. The van der Waals surface area contributed by atoms with Crippen molar-refractivity contribution in [2.24, 2.45) is 0 Å². The van der Waals surface area contributed by atoms with Crippen LogP contribution in [0.3, 0.4) is 0 Å². The van der Waals surface area contributed by atoms with Crippen molar-refractivity contribution in [3.63, 3.8) is 0 Å². The number of hydrogen-bond donors (Lipinski definition) is 0. The van der Waals surface area contributed by atoms with Gasteiger partial charge in [-0.3, -0.25) is 4.21 Å². The van der Waals surface area contributed by atoms with Gasteiger partial charge in [-0.05, 0) is 30.2 Å². The van der Waals surface area contributed by atoms with Gasteiger partial charge in [0.25, 0.3) is 0 Å². The number of halogens is 1. The van der Waals surface area contributed by atoms with Crippen molar-refractivity contribution in [3.05, 3.63) is 70.5 Å². The molecule has 2 rings (SSSR count). The lowest BCUT2D eigenvalue weighted by Crippen LogP contribution is -2.25. The Morgan fingerprint density at radius 3 is 2.46 bits per heavy atom. The molecule has 0 aliphatic rings. The van der Waals surface area contributed by atoms with Gasteiger partial charge in [-0.25, -0.2) is 13.5 Å². The number of methoxy groups -OCH3 is 1. The van der Waals surface area contributed by atoms with Crippen LogP contribution in [-0.4, -0.2) is 26.1 Å². The second-order valence-electron chi connectivity index (χ2n) is 5.24. The largest absolute Gasteiger partial charge is 0.760 e. The van der Waals surface area contributed by atoms with Crippen LogP contribution in [-0.2, 0) is 29.1 Å². The second-order valence-corrected chi connectivity index (χ2v) is 6.19. The molecule has 0 N–H and O–H groups in total. The fraction of sp³-hybridized carbons (Fsp3) is 0.235. The third-order valence-electron chi connectivity index (χ3n) is 3.64. The standard InChI is InChI=1S/C17H18FNO4S/c1-12-5-3-4-6-14(12)10-19(24(21)22)11-15-8-7-13(9-16(15)18)17(20)23-2/h3-9H,10-11H2,1-2H3,(H,21,22)/p-1. The van der Waals surface area contributed by atoms with Gasteiger partial charge in [-0.2, -0.15) is 0 Å². The van der Waals surface area contributed by atoms with Gasteiger partial charge in [-0.1, -0.05) is 30.3 Å². The number of ether oxygens (including phenoxy) is 1. The molecule has 24 heavy (non-hydrogen) atoms. The molecule has 7 heteroatoms. The third-order valence-corrected chi connectivity index (χ3v) is 4.32. The van der Waals surface area contributed by atoms with Crippen LogP contribution in [0.2, 0.25) is 0 Å². The van der Waals surface area contributed by atoms with E-state index in [9.17, 15) is 17.9 Å². The highest BCUT2D eigenvalue weighted by Gasteiger charge is 2.14. The van der Waals surface area contributed by atoms with E-state index in [-0.39, 0.29) is 24.2 Å². The number of rotatable bonds is 6. The number of carbonyl (C=O) groups is 1. The summed E-state index contributed by atoms with van der Waals surface area (Å²) in [7, 11) is 1.21. The summed E-state index contributed by atoms with van der Waals surface area (Å²) < 4.78 is 42.8. The van der Waals surface area contributed by atoms with Crippen molar-refractivity contribution >= 4 is 17.2 Å². The van der Waals surface area contributed by atoms with Gasteiger partial charge < -0.3 is 9.29 Å². The van der Waals surface area contributed by atoms with E-state index >= 15 is 0 Å². The van der Waals surface area contributed by atoms with Crippen LogP contribution in [0.25, 0.3) is 0 Å². The lowest BCUT2D eigenvalue weighted by molar-refractivity contribution is 0.0600. The number of esters is 1. The monoisotopic (exact) mass is 350 g/mol. The van der Waals surface area contributed by atoms with E-state index in [0.717, 1.165) is 21.5 Å². The maximum atomic E-state index is 14.2. The van der Waals surface area contributed by atoms with Crippen molar-refractivity contribution in [2.45, 2.75) is 20.0 Å². The van der Waals surface area contributed by atoms with Crippen LogP contribution in [0.15, 0.2) is 42.5 Å². The van der Waals surface area contributed by atoms with E-state index in [4.69, 9.17) is 0 Å². The highest BCUT2D eigenvalue weighted by molar-refractivity contribution is 7.76. The maximum Gasteiger partial charge on any atom is 0.337 e. The summed E-state index contributed by atoms with van der Waals surface area (Å²) in [6.45, 7) is 1.89. The van der Waals surface area contributed by atoms with E-state index in [1.54, 1.807) is 0 Å². The molecule has 0 radical (unpaired) electrons. The molecule has 128 valence electrons. The van der Waals surface area contributed by atoms with Gasteiger partial charge in [-0.15, -0.1) is 0 Å². The fourth-order valence-electron chi connectivity index (χ4n) is 2.25. The minimum Gasteiger partial charge on any atom is -0.760 e. The Bertz CT molecular complexity index is 766. The van der Waals surface area contributed by atoms with E-state index in [2.05, 4.69) is 4.74 Å². The van der Waals surface area contributed by atoms with E-state index < -0.39 is 23.1 Å². The predicted molar refractivity (Wildman–Crippen MR) is 87.1 cm³/mol. The Morgan fingerprint density at radius 1 is 1.21 bits per heavy atom. The molecule has 0 amide bonds. The summed E-state index contributed by atoms with van der Waals surface area (Å²) in [5.41, 5.74) is 2.05. The van der Waals surface area contributed by atoms with Crippen molar-refractivity contribution in [2.75, 3.05) is 7.11 Å². The first kappa shape index (κ1) is 18.3. The fourth-order valence-corrected chi connectivity index (χ4v) is 2.74. The maximum absolute atomic E-state index is 14.2. The summed E-state index contributed by atoms with van der Waals surface area (Å²) in [6.07, 6.45) is 0. The highest BCUT2D eigenvalue weighted by Crippen LogP contribution is 2.18. The number of nitrogens with zero attached hydrogens (tertiary/aromatic N) is 1. The minimum absolute atomic E-state index is 0.0763. The molecular weight excluding hydrogens is 333 g/mol. The molecular formula is C17H17FNO4S-. The Kier molecular flexibility index (Phi) is 6.19. The van der Waals surface area contributed by atoms with Gasteiger partial charge in [0.05, 0.1) is 12.7 Å². The lowest BCUT2D eigenvalue weighted by Gasteiger charge is -2.25. The lowest BCUT2D eigenvalue weighted by atomic mass is 10.1. The second kappa shape index (κ2) is 8.14. The van der Waals surface area contributed by atoms with Crippen LogP contribution >= 0.6 is 0 Å². The predicted octanol–water partition coefficient (Wildman–Crippen LogP) is 2.72. The zero-order chi connectivity index (χ0) is 17.7. The minimum atomic E-state index is -2.51. The van der Waals surface area contributed by atoms with E-state index in [0.29, 0.717) is 0 Å². The first-order chi connectivity index (χ1) is 11.4. The van der Waals surface area contributed by atoms with Gasteiger partial charge in [0.15, 0.2) is 0 Å². The van der Waals surface area contributed by atoms with E-state index in [1.807, 2.05) is 31.2 Å². The SMILES string of the molecule is COC(=O)c1ccc(CN(Cc2ccccc2C)S(=O)[O-])c(F)c1. The smallest absolute Gasteiger partial charge is 0.337 e. The van der Waals surface area contributed by atoms with Gasteiger partial charge in [0.1, 0.15) is 5.82 Å². The normalized spacial score (nSPS) is 12.2. The summed E-state index contributed by atoms with van der Waals surface area (Å²) in [4.78, 5) is 11.4. The van der Waals surface area contributed by atoms with Gasteiger partial charge in [0, 0.05) is 29.9 Å². The van der Waals surface area contributed by atoms with E-state index in [1.165, 1.54) is 19.2 Å². The first-order valence-electron chi connectivity index (χ1n) is 7.18. The van der Waals surface area contributed by atoms with Crippen molar-refractivity contribution < 1.29 is 22.7 Å². The van der Waals surface area contributed by atoms with Crippen LogP contribution in [0, 0.1) is 12.7 Å².